The zero-order valence-electron chi connectivity index (χ0n) is 21.5. The average molecular weight is 562 g/mol. The minimum atomic E-state index is -4.50. The third kappa shape index (κ3) is 4.88. The van der Waals surface area contributed by atoms with Gasteiger partial charge in [-0.3, -0.25) is 4.79 Å². The first-order valence-corrected chi connectivity index (χ1v) is 12.9. The second kappa shape index (κ2) is 9.99. The Labute approximate surface area is 231 Å². The number of carboxylic acid groups (broad SMARTS) is 1. The smallest absolute Gasteiger partial charge is 0.416 e. The van der Waals surface area contributed by atoms with Crippen LogP contribution in [-0.4, -0.2) is 44.1 Å². The molecule has 0 unspecified atom stereocenters. The molecule has 0 aliphatic carbocycles. The topological polar surface area (TPSA) is 95.0 Å². The largest absolute Gasteiger partial charge is 0.481 e. The Bertz CT molecular complexity index is 1730. The molecule has 0 atom stereocenters. The number of hydrogen-bond acceptors (Lipinski definition) is 5. The summed E-state index contributed by atoms with van der Waals surface area (Å²) in [7, 11) is 0. The van der Waals surface area contributed by atoms with Crippen molar-refractivity contribution in [3.63, 3.8) is 0 Å². The SMILES string of the molecule is O=C(O)C1(c2ccccc2)CCN(c2ncc(-c3ccc(-c4nc5ccc(C(F)(F)F)cc5[nH]4)c(F)c3)cn2)CC1. The molecule has 5 aromatic rings. The molecule has 0 saturated carbocycles. The Morgan fingerprint density at radius 3 is 2.27 bits per heavy atom. The van der Waals surface area contributed by atoms with Crippen molar-refractivity contribution < 1.29 is 27.5 Å². The maximum atomic E-state index is 15.1. The Kier molecular flexibility index (Phi) is 6.44. The summed E-state index contributed by atoms with van der Waals surface area (Å²) < 4.78 is 54.3. The van der Waals surface area contributed by atoms with Crippen molar-refractivity contribution in [3.8, 4) is 22.5 Å². The van der Waals surface area contributed by atoms with Gasteiger partial charge in [0.1, 0.15) is 11.6 Å². The molecule has 2 aromatic heterocycles. The van der Waals surface area contributed by atoms with Crippen LogP contribution < -0.4 is 4.90 Å². The number of fused-ring (bicyclic) bond motifs is 1. The van der Waals surface area contributed by atoms with Gasteiger partial charge in [0.25, 0.3) is 0 Å². The van der Waals surface area contributed by atoms with Crippen LogP contribution in [0.15, 0.2) is 79.1 Å². The van der Waals surface area contributed by atoms with Crippen LogP contribution in [0, 0.1) is 5.82 Å². The van der Waals surface area contributed by atoms with Crippen LogP contribution in [0.2, 0.25) is 0 Å². The molecule has 1 aliphatic heterocycles. The zero-order chi connectivity index (χ0) is 28.8. The monoisotopic (exact) mass is 561 g/mol. The van der Waals surface area contributed by atoms with E-state index < -0.39 is 28.9 Å². The third-order valence-electron chi connectivity index (χ3n) is 7.64. The lowest BCUT2D eigenvalue weighted by atomic mass is 9.73. The van der Waals surface area contributed by atoms with Gasteiger partial charge in [0.05, 0.1) is 27.6 Å². The molecule has 208 valence electrons. The van der Waals surface area contributed by atoms with Crippen molar-refractivity contribution in [2.24, 2.45) is 0 Å². The molecular weight excluding hydrogens is 538 g/mol. The highest BCUT2D eigenvalue weighted by atomic mass is 19.4. The van der Waals surface area contributed by atoms with E-state index >= 15 is 4.39 Å². The van der Waals surface area contributed by atoms with Crippen molar-refractivity contribution in [2.45, 2.75) is 24.4 Å². The van der Waals surface area contributed by atoms with E-state index in [1.54, 1.807) is 18.5 Å². The first kappa shape index (κ1) is 26.4. The molecule has 3 aromatic carbocycles. The van der Waals surface area contributed by atoms with Crippen molar-refractivity contribution in [3.05, 3.63) is 96.1 Å². The number of aromatic amines is 1. The van der Waals surface area contributed by atoms with E-state index in [9.17, 15) is 23.1 Å². The lowest BCUT2D eigenvalue weighted by molar-refractivity contribution is -0.144. The quantitative estimate of drug-likeness (QED) is 0.239. The van der Waals surface area contributed by atoms with Crippen LogP contribution in [0.5, 0.6) is 0 Å². The van der Waals surface area contributed by atoms with Gasteiger partial charge in [0.15, 0.2) is 0 Å². The molecule has 1 aliphatic rings. The second-order valence-electron chi connectivity index (χ2n) is 10.0. The van der Waals surface area contributed by atoms with Gasteiger partial charge < -0.3 is 15.0 Å². The van der Waals surface area contributed by atoms with Gasteiger partial charge in [-0.25, -0.2) is 19.3 Å². The maximum Gasteiger partial charge on any atom is 0.416 e. The number of carboxylic acids is 1. The summed E-state index contributed by atoms with van der Waals surface area (Å²) in [4.78, 5) is 30.1. The number of anilines is 1. The van der Waals surface area contributed by atoms with Crippen LogP contribution in [0.1, 0.15) is 24.0 Å². The fraction of sp³-hybridized carbons (Fsp3) is 0.200. The molecular formula is C30H23F4N5O2. The minimum Gasteiger partial charge on any atom is -0.481 e. The molecule has 6 rings (SSSR count). The van der Waals surface area contributed by atoms with E-state index in [4.69, 9.17) is 0 Å². The van der Waals surface area contributed by atoms with E-state index in [-0.39, 0.29) is 16.9 Å². The number of nitrogens with zero attached hydrogens (tertiary/aromatic N) is 4. The van der Waals surface area contributed by atoms with Gasteiger partial charge in [-0.15, -0.1) is 0 Å². The number of halogens is 4. The Morgan fingerprint density at radius 1 is 0.927 bits per heavy atom. The zero-order valence-corrected chi connectivity index (χ0v) is 21.5. The number of piperidine rings is 1. The lowest BCUT2D eigenvalue weighted by Gasteiger charge is -2.39. The van der Waals surface area contributed by atoms with Crippen molar-refractivity contribution >= 4 is 23.0 Å². The predicted octanol–water partition coefficient (Wildman–Crippen LogP) is 6.47. The number of imidazole rings is 1. The van der Waals surface area contributed by atoms with Crippen molar-refractivity contribution in [1.82, 2.24) is 19.9 Å². The van der Waals surface area contributed by atoms with Crippen molar-refractivity contribution in [2.75, 3.05) is 18.0 Å². The summed E-state index contributed by atoms with van der Waals surface area (Å²) >= 11 is 0. The molecule has 7 nitrogen and oxygen atoms in total. The fourth-order valence-electron chi connectivity index (χ4n) is 5.31. The Balaban J connectivity index is 1.19. The number of rotatable bonds is 5. The summed E-state index contributed by atoms with van der Waals surface area (Å²) in [5.41, 5.74) is 0.651. The molecule has 41 heavy (non-hydrogen) atoms. The summed E-state index contributed by atoms with van der Waals surface area (Å²) in [6, 6.07) is 16.8. The lowest BCUT2D eigenvalue weighted by Crippen LogP contribution is -2.47. The van der Waals surface area contributed by atoms with Gasteiger partial charge in [-0.05, 0) is 54.3 Å². The van der Waals surface area contributed by atoms with Crippen LogP contribution in [0.4, 0.5) is 23.5 Å². The number of carbonyl (C=O) groups is 1. The summed E-state index contributed by atoms with van der Waals surface area (Å²) in [5.74, 6) is -0.881. The predicted molar refractivity (Wildman–Crippen MR) is 145 cm³/mol. The molecule has 2 N–H and O–H groups in total. The number of H-pyrrole nitrogens is 1. The molecule has 0 amide bonds. The Morgan fingerprint density at radius 2 is 1.63 bits per heavy atom. The highest BCUT2D eigenvalue weighted by Crippen LogP contribution is 2.37. The summed E-state index contributed by atoms with van der Waals surface area (Å²) in [6.07, 6.45) is -0.532. The fourth-order valence-corrected chi connectivity index (χ4v) is 5.31. The first-order valence-electron chi connectivity index (χ1n) is 12.9. The molecule has 3 heterocycles. The van der Waals surface area contributed by atoms with E-state index in [2.05, 4.69) is 19.9 Å². The van der Waals surface area contributed by atoms with Crippen LogP contribution in [0.25, 0.3) is 33.5 Å². The van der Waals surface area contributed by atoms with E-state index in [0.717, 1.165) is 17.7 Å². The number of aromatic nitrogens is 4. The summed E-state index contributed by atoms with van der Waals surface area (Å²) in [6.45, 7) is 0.928. The van der Waals surface area contributed by atoms with Gasteiger partial charge in [0, 0.05) is 31.0 Å². The van der Waals surface area contributed by atoms with E-state index in [0.29, 0.717) is 48.5 Å². The average Bonchev–Trinajstić information content (AvgIpc) is 3.40. The highest BCUT2D eigenvalue weighted by molar-refractivity contribution is 5.82. The van der Waals surface area contributed by atoms with Gasteiger partial charge >= 0.3 is 12.1 Å². The molecule has 0 radical (unpaired) electrons. The molecule has 11 heteroatoms. The van der Waals surface area contributed by atoms with Crippen molar-refractivity contribution in [1.29, 1.82) is 0 Å². The number of alkyl halides is 3. The number of hydrogen-bond donors (Lipinski definition) is 2. The number of benzene rings is 3. The van der Waals surface area contributed by atoms with Crippen LogP contribution in [-0.2, 0) is 16.4 Å². The highest BCUT2D eigenvalue weighted by Gasteiger charge is 2.43. The number of aliphatic carboxylic acids is 1. The molecule has 1 saturated heterocycles. The molecule has 0 bridgehead atoms. The van der Waals surface area contributed by atoms with Crippen LogP contribution in [0.3, 0.4) is 0 Å². The Hall–Kier alpha value is -4.80. The molecule has 1 fully saturated rings. The van der Waals surface area contributed by atoms with Gasteiger partial charge in [-0.1, -0.05) is 36.4 Å². The first-order chi connectivity index (χ1) is 19.6. The van der Waals surface area contributed by atoms with Crippen LogP contribution >= 0.6 is 0 Å². The standard InChI is InChI=1S/C30H23F4N5O2/c31-23-14-18(6-8-22(23)26-37-24-9-7-21(30(32,33)34)15-25(24)38-26)19-16-35-28(36-17-19)39-12-10-29(11-13-39,27(40)41)20-4-2-1-3-5-20/h1-9,14-17H,10-13H2,(H,37,38)(H,40,41). The third-order valence-corrected chi connectivity index (χ3v) is 7.64. The number of nitrogens with one attached hydrogen (secondary N) is 1. The molecule has 0 spiro atoms. The van der Waals surface area contributed by atoms with Gasteiger partial charge in [-0.2, -0.15) is 13.2 Å². The second-order valence-corrected chi connectivity index (χ2v) is 10.0. The maximum absolute atomic E-state index is 15.1. The van der Waals surface area contributed by atoms with E-state index in [1.165, 1.54) is 18.2 Å². The normalized spacial score (nSPS) is 15.3. The minimum absolute atomic E-state index is 0.115. The summed E-state index contributed by atoms with van der Waals surface area (Å²) in [5, 5.41) is 10.0. The van der Waals surface area contributed by atoms with Gasteiger partial charge in [0.2, 0.25) is 5.95 Å². The van der Waals surface area contributed by atoms with E-state index in [1.807, 2.05) is 35.2 Å².